The number of aromatic hydroxyl groups is 1. The average molecular weight is 480 g/mol. The predicted octanol–water partition coefficient (Wildman–Crippen LogP) is 3.69. The molecule has 4 rings (SSSR count). The normalized spacial score (nSPS) is 16.6. The third kappa shape index (κ3) is 5.42. The number of halogens is 3. The van der Waals surface area contributed by atoms with E-state index in [1.54, 1.807) is 6.07 Å². The van der Waals surface area contributed by atoms with E-state index in [0.29, 0.717) is 22.7 Å². The number of ether oxygens (including phenoxy) is 1. The predicted molar refractivity (Wildman–Crippen MR) is 124 cm³/mol. The zero-order chi connectivity index (χ0) is 19.5. The molecule has 30 heavy (non-hydrogen) atoms. The number of benzene rings is 1. The Morgan fingerprint density at radius 1 is 1.13 bits per heavy atom. The number of nitrogens with one attached hydrogen (secondary N) is 1. The van der Waals surface area contributed by atoms with Gasteiger partial charge in [-0.25, -0.2) is 4.79 Å². The molecule has 0 bridgehead atoms. The number of morpholine rings is 1. The van der Waals surface area contributed by atoms with Crippen LogP contribution >= 0.6 is 36.4 Å². The number of nitrogens with zero attached hydrogens (tertiary/aromatic N) is 1. The van der Waals surface area contributed by atoms with Gasteiger partial charge in [0.15, 0.2) is 0 Å². The summed E-state index contributed by atoms with van der Waals surface area (Å²) in [4.78, 5) is 14.9. The monoisotopic (exact) mass is 478 g/mol. The molecule has 0 saturated carbocycles. The van der Waals surface area contributed by atoms with Crippen LogP contribution in [0.15, 0.2) is 15.3 Å². The van der Waals surface area contributed by atoms with Crippen molar-refractivity contribution in [2.45, 2.75) is 38.6 Å². The summed E-state index contributed by atoms with van der Waals surface area (Å²) < 4.78 is 11.0. The fourth-order valence-electron chi connectivity index (χ4n) is 4.23. The van der Waals surface area contributed by atoms with Crippen molar-refractivity contribution in [1.29, 1.82) is 0 Å². The number of hydrogen-bond acceptors (Lipinski definition) is 6. The summed E-state index contributed by atoms with van der Waals surface area (Å²) in [7, 11) is 0. The van der Waals surface area contributed by atoms with Crippen LogP contribution in [0.5, 0.6) is 5.75 Å². The minimum absolute atomic E-state index is 0. The van der Waals surface area contributed by atoms with Gasteiger partial charge in [0, 0.05) is 30.6 Å². The minimum Gasteiger partial charge on any atom is -0.506 e. The summed E-state index contributed by atoms with van der Waals surface area (Å²) >= 11 is 6.30. The molecule has 9 heteroatoms. The largest absolute Gasteiger partial charge is 0.506 e. The number of rotatable bonds is 6. The van der Waals surface area contributed by atoms with Crippen molar-refractivity contribution < 1.29 is 14.3 Å². The van der Waals surface area contributed by atoms with E-state index in [1.165, 1.54) is 0 Å². The van der Waals surface area contributed by atoms with Crippen molar-refractivity contribution in [1.82, 2.24) is 10.2 Å². The topological polar surface area (TPSA) is 74.9 Å². The Morgan fingerprint density at radius 2 is 1.83 bits per heavy atom. The van der Waals surface area contributed by atoms with E-state index in [2.05, 4.69) is 10.2 Å². The van der Waals surface area contributed by atoms with Crippen LogP contribution in [0.25, 0.3) is 11.0 Å². The van der Waals surface area contributed by atoms with Gasteiger partial charge in [0.1, 0.15) is 11.3 Å². The highest BCUT2D eigenvalue weighted by molar-refractivity contribution is 6.33. The molecule has 6 nitrogen and oxygen atoms in total. The quantitative estimate of drug-likeness (QED) is 0.486. The molecule has 0 atom stereocenters. The molecule has 0 radical (unpaired) electrons. The molecule has 0 amide bonds. The molecule has 1 saturated heterocycles. The molecule has 1 aliphatic heterocycles. The van der Waals surface area contributed by atoms with Crippen LogP contribution in [0.4, 0.5) is 0 Å². The molecule has 2 N–H and O–H groups in total. The number of fused-ring (bicyclic) bond motifs is 3. The summed E-state index contributed by atoms with van der Waals surface area (Å²) in [5, 5.41) is 15.0. The third-order valence-electron chi connectivity index (χ3n) is 5.77. The van der Waals surface area contributed by atoms with E-state index in [4.69, 9.17) is 20.8 Å². The van der Waals surface area contributed by atoms with Crippen LogP contribution in [-0.2, 0) is 24.1 Å². The van der Waals surface area contributed by atoms with E-state index >= 15 is 0 Å². The van der Waals surface area contributed by atoms with Gasteiger partial charge in [0.2, 0.25) is 0 Å². The maximum Gasteiger partial charge on any atom is 0.339 e. The number of aryl methyl sites for hydroxylation is 1. The molecular formula is C21H29Cl3N2O4. The maximum atomic E-state index is 12.5. The molecule has 1 fully saturated rings. The fourth-order valence-corrected chi connectivity index (χ4v) is 4.45. The number of phenols is 1. The van der Waals surface area contributed by atoms with Crippen LogP contribution in [0.3, 0.4) is 0 Å². The van der Waals surface area contributed by atoms with E-state index in [9.17, 15) is 9.90 Å². The fraction of sp³-hybridized carbons (Fsp3) is 0.571. The van der Waals surface area contributed by atoms with Gasteiger partial charge in [0.05, 0.1) is 23.8 Å². The van der Waals surface area contributed by atoms with Crippen molar-refractivity contribution in [3.8, 4) is 5.75 Å². The van der Waals surface area contributed by atoms with Gasteiger partial charge < -0.3 is 19.6 Å². The van der Waals surface area contributed by atoms with Crippen LogP contribution in [-0.4, -0.2) is 49.4 Å². The summed E-state index contributed by atoms with van der Waals surface area (Å²) in [6.07, 6.45) is 4.66. The van der Waals surface area contributed by atoms with Crippen molar-refractivity contribution in [2.24, 2.45) is 0 Å². The minimum atomic E-state index is -0.280. The zero-order valence-corrected chi connectivity index (χ0v) is 19.3. The smallest absolute Gasteiger partial charge is 0.339 e. The maximum absolute atomic E-state index is 12.5. The van der Waals surface area contributed by atoms with Crippen LogP contribution in [0, 0.1) is 0 Å². The van der Waals surface area contributed by atoms with Gasteiger partial charge in [-0.05, 0) is 56.8 Å². The molecule has 2 aromatic rings. The first kappa shape index (κ1) is 25.2. The van der Waals surface area contributed by atoms with Gasteiger partial charge >= 0.3 is 5.63 Å². The molecule has 168 valence electrons. The molecule has 2 aliphatic rings. The van der Waals surface area contributed by atoms with E-state index in [1.807, 2.05) is 0 Å². The lowest BCUT2D eigenvalue weighted by Crippen LogP contribution is -2.37. The number of phenolic OH excluding ortho intramolecular Hbond substituents is 1. The van der Waals surface area contributed by atoms with Gasteiger partial charge in [-0.1, -0.05) is 11.6 Å². The van der Waals surface area contributed by atoms with Crippen molar-refractivity contribution in [3.05, 3.63) is 38.2 Å². The first-order chi connectivity index (χ1) is 13.6. The molecule has 2 heterocycles. The molecule has 0 spiro atoms. The van der Waals surface area contributed by atoms with Crippen molar-refractivity contribution >= 4 is 47.4 Å². The molecular weight excluding hydrogens is 451 g/mol. The second kappa shape index (κ2) is 11.6. The molecule has 1 aliphatic carbocycles. The van der Waals surface area contributed by atoms with Crippen molar-refractivity contribution in [3.63, 3.8) is 0 Å². The number of hydrogen-bond donors (Lipinski definition) is 2. The Kier molecular flexibility index (Phi) is 9.72. The summed E-state index contributed by atoms with van der Waals surface area (Å²) in [6, 6.07) is 1.74. The van der Waals surface area contributed by atoms with Crippen LogP contribution in [0.1, 0.15) is 36.0 Å². The molecule has 1 aromatic carbocycles. The Labute approximate surface area is 193 Å². The Balaban J connectivity index is 0.00000160. The van der Waals surface area contributed by atoms with Crippen LogP contribution in [0.2, 0.25) is 5.02 Å². The first-order valence-electron chi connectivity index (χ1n) is 10.1. The third-order valence-corrected chi connectivity index (χ3v) is 6.06. The van der Waals surface area contributed by atoms with E-state index in [-0.39, 0.29) is 36.2 Å². The lowest BCUT2D eigenvalue weighted by Gasteiger charge is -2.26. The van der Waals surface area contributed by atoms with Gasteiger partial charge in [-0.3, -0.25) is 4.90 Å². The second-order valence-electron chi connectivity index (χ2n) is 7.60. The Bertz CT molecular complexity index is 913. The first-order valence-corrected chi connectivity index (χ1v) is 10.5. The average Bonchev–Trinajstić information content (AvgIpc) is 2.72. The zero-order valence-electron chi connectivity index (χ0n) is 16.9. The van der Waals surface area contributed by atoms with E-state index < -0.39 is 0 Å². The van der Waals surface area contributed by atoms with Gasteiger partial charge in [0.25, 0.3) is 0 Å². The molecule has 0 unspecified atom stereocenters. The van der Waals surface area contributed by atoms with Gasteiger partial charge in [-0.15, -0.1) is 24.8 Å². The Morgan fingerprint density at radius 3 is 2.57 bits per heavy atom. The van der Waals surface area contributed by atoms with Crippen molar-refractivity contribution in [2.75, 3.05) is 39.4 Å². The lowest BCUT2D eigenvalue weighted by molar-refractivity contribution is 0.0374. The standard InChI is InChI=1S/C21H27ClN2O4.2ClH/c22-18-12-16-14-4-1-2-5-15(14)21(26)28-20(16)17(19(18)25)13-23-6-3-7-24-8-10-27-11-9-24;;/h12,23,25H,1-11,13H2;2*1H. The van der Waals surface area contributed by atoms with Gasteiger partial charge in [-0.2, -0.15) is 0 Å². The molecule has 1 aromatic heterocycles. The highest BCUT2D eigenvalue weighted by atomic mass is 35.5. The SMILES string of the molecule is Cl.Cl.O=c1oc2c(CNCCCN3CCOCC3)c(O)c(Cl)cc2c2c1CCCC2. The highest BCUT2D eigenvalue weighted by Crippen LogP contribution is 2.37. The highest BCUT2D eigenvalue weighted by Gasteiger charge is 2.22. The lowest BCUT2D eigenvalue weighted by atomic mass is 9.90. The summed E-state index contributed by atoms with van der Waals surface area (Å²) in [5.41, 5.74) is 2.56. The Hall–Kier alpha value is -1.02. The van der Waals surface area contributed by atoms with Crippen LogP contribution < -0.4 is 10.9 Å². The summed E-state index contributed by atoms with van der Waals surface area (Å²) in [6.45, 7) is 5.80. The second-order valence-corrected chi connectivity index (χ2v) is 8.01. The summed E-state index contributed by atoms with van der Waals surface area (Å²) in [5.74, 6) is -0.00578. The van der Waals surface area contributed by atoms with E-state index in [0.717, 1.165) is 88.0 Å².